The topological polar surface area (TPSA) is 109 Å². The second-order valence-electron chi connectivity index (χ2n) is 6.11. The molecular formula is C20H15ClN2O6. The molecule has 0 aliphatic heterocycles. The van der Waals surface area contributed by atoms with E-state index in [0.717, 1.165) is 30.2 Å². The third-order valence-electron chi connectivity index (χ3n) is 4.27. The summed E-state index contributed by atoms with van der Waals surface area (Å²) in [5.41, 5.74) is 1.13. The largest absolute Gasteiger partial charge is 0.465 e. The van der Waals surface area contributed by atoms with E-state index in [4.69, 9.17) is 16.3 Å². The van der Waals surface area contributed by atoms with Crippen molar-refractivity contribution in [1.29, 1.82) is 0 Å². The van der Waals surface area contributed by atoms with Crippen LogP contribution in [-0.2, 0) is 16.1 Å². The highest BCUT2D eigenvalue weighted by Crippen LogP contribution is 2.27. The van der Waals surface area contributed by atoms with E-state index in [2.05, 4.69) is 9.72 Å². The van der Waals surface area contributed by atoms with Crippen LogP contribution in [0, 0.1) is 17.0 Å². The number of nitro benzene ring substituents is 1. The number of methoxy groups -OCH3 is 1. The van der Waals surface area contributed by atoms with Gasteiger partial charge in [0.1, 0.15) is 6.61 Å². The number of hydrogen-bond acceptors (Lipinski definition) is 7. The molecule has 0 unspecified atom stereocenters. The molecule has 0 spiro atoms. The van der Waals surface area contributed by atoms with Crippen LogP contribution in [0.15, 0.2) is 42.5 Å². The summed E-state index contributed by atoms with van der Waals surface area (Å²) in [6, 6.07) is 10.6. The molecular weight excluding hydrogens is 400 g/mol. The molecule has 0 atom stereocenters. The zero-order chi connectivity index (χ0) is 21.1. The van der Waals surface area contributed by atoms with Gasteiger partial charge in [0.2, 0.25) is 0 Å². The van der Waals surface area contributed by atoms with Gasteiger partial charge in [-0.2, -0.15) is 0 Å². The van der Waals surface area contributed by atoms with E-state index >= 15 is 0 Å². The zero-order valence-electron chi connectivity index (χ0n) is 15.5. The number of fused-ring (bicyclic) bond motifs is 1. The van der Waals surface area contributed by atoms with Crippen molar-refractivity contribution >= 4 is 40.1 Å². The lowest BCUT2D eigenvalue weighted by atomic mass is 10.1. The number of aromatic nitrogens is 1. The number of halogens is 1. The van der Waals surface area contributed by atoms with Gasteiger partial charge < -0.3 is 9.47 Å². The monoisotopic (exact) mass is 414 g/mol. The molecule has 0 N–H and O–H groups in total. The molecule has 29 heavy (non-hydrogen) atoms. The number of nitrogens with zero attached hydrogens (tertiary/aromatic N) is 2. The average molecular weight is 415 g/mol. The van der Waals surface area contributed by atoms with Gasteiger partial charge in [0.05, 0.1) is 39.4 Å². The third-order valence-corrected chi connectivity index (χ3v) is 4.77. The van der Waals surface area contributed by atoms with Crippen LogP contribution in [-0.4, -0.2) is 29.0 Å². The summed E-state index contributed by atoms with van der Waals surface area (Å²) in [7, 11) is 1.13. The summed E-state index contributed by atoms with van der Waals surface area (Å²) in [6.45, 7) is 1.60. The van der Waals surface area contributed by atoms with E-state index < -0.39 is 22.5 Å². The van der Waals surface area contributed by atoms with Crippen molar-refractivity contribution in [3.05, 3.63) is 80.0 Å². The summed E-state index contributed by atoms with van der Waals surface area (Å²) < 4.78 is 9.81. The Balaban J connectivity index is 1.89. The second kappa shape index (κ2) is 8.24. The van der Waals surface area contributed by atoms with Gasteiger partial charge in [-0.1, -0.05) is 29.8 Å². The first-order chi connectivity index (χ1) is 13.8. The molecule has 0 amide bonds. The molecule has 2 aromatic carbocycles. The molecule has 1 heterocycles. The van der Waals surface area contributed by atoms with Crippen LogP contribution in [0.4, 0.5) is 5.69 Å². The number of aryl methyl sites for hydroxylation is 1. The molecule has 3 aromatic rings. The Bertz CT molecular complexity index is 1150. The van der Waals surface area contributed by atoms with Crippen molar-refractivity contribution in [2.24, 2.45) is 0 Å². The van der Waals surface area contributed by atoms with E-state index in [9.17, 15) is 19.7 Å². The number of ether oxygens (including phenoxy) is 2. The number of benzene rings is 2. The Hall–Kier alpha value is -3.52. The normalized spacial score (nSPS) is 10.6. The standard InChI is InChI=1S/C20H15ClN2O6/c1-11-15-5-3-4-6-16(15)22-17(18(11)21)10-29-20(25)13-7-12(19(24)28-2)8-14(9-13)23(26)27/h3-9H,10H2,1-2H3. The van der Waals surface area contributed by atoms with Crippen molar-refractivity contribution in [3.8, 4) is 0 Å². The lowest BCUT2D eigenvalue weighted by molar-refractivity contribution is -0.384. The van der Waals surface area contributed by atoms with Crippen LogP contribution >= 0.6 is 11.6 Å². The summed E-state index contributed by atoms with van der Waals surface area (Å²) in [6.07, 6.45) is 0. The number of non-ortho nitro benzene ring substituents is 1. The van der Waals surface area contributed by atoms with Gasteiger partial charge in [0.15, 0.2) is 0 Å². The lowest BCUT2D eigenvalue weighted by Gasteiger charge is -2.11. The third kappa shape index (κ3) is 4.17. The fourth-order valence-electron chi connectivity index (χ4n) is 2.80. The molecule has 0 fully saturated rings. The fraction of sp³-hybridized carbons (Fsp3) is 0.150. The molecule has 148 valence electrons. The molecule has 1 aromatic heterocycles. The Morgan fingerprint density at radius 3 is 2.45 bits per heavy atom. The van der Waals surface area contributed by atoms with Crippen molar-refractivity contribution < 1.29 is 24.0 Å². The minimum Gasteiger partial charge on any atom is -0.465 e. The summed E-state index contributed by atoms with van der Waals surface area (Å²) in [4.78, 5) is 39.0. The van der Waals surface area contributed by atoms with Crippen LogP contribution in [0.1, 0.15) is 32.0 Å². The maximum absolute atomic E-state index is 12.4. The van der Waals surface area contributed by atoms with E-state index in [0.29, 0.717) is 16.2 Å². The highest BCUT2D eigenvalue weighted by atomic mass is 35.5. The first-order valence-corrected chi connectivity index (χ1v) is 8.78. The van der Waals surface area contributed by atoms with Crippen molar-refractivity contribution in [3.63, 3.8) is 0 Å². The Morgan fingerprint density at radius 2 is 1.79 bits per heavy atom. The van der Waals surface area contributed by atoms with E-state index in [-0.39, 0.29) is 17.7 Å². The molecule has 8 nitrogen and oxygen atoms in total. The minimum atomic E-state index is -0.859. The van der Waals surface area contributed by atoms with Gasteiger partial charge in [-0.3, -0.25) is 10.1 Å². The smallest absolute Gasteiger partial charge is 0.338 e. The van der Waals surface area contributed by atoms with Gasteiger partial charge in [-0.05, 0) is 24.6 Å². The van der Waals surface area contributed by atoms with Crippen LogP contribution in [0.5, 0.6) is 0 Å². The van der Waals surface area contributed by atoms with E-state index in [1.165, 1.54) is 6.07 Å². The average Bonchev–Trinajstić information content (AvgIpc) is 2.74. The zero-order valence-corrected chi connectivity index (χ0v) is 16.2. The molecule has 9 heteroatoms. The molecule has 0 aliphatic rings. The number of pyridine rings is 1. The van der Waals surface area contributed by atoms with Gasteiger partial charge in [-0.15, -0.1) is 0 Å². The van der Waals surface area contributed by atoms with Crippen LogP contribution in [0.25, 0.3) is 10.9 Å². The Kier molecular flexibility index (Phi) is 5.74. The number of esters is 2. The van der Waals surface area contributed by atoms with Crippen LogP contribution < -0.4 is 0 Å². The van der Waals surface area contributed by atoms with Crippen molar-refractivity contribution in [1.82, 2.24) is 4.98 Å². The molecule has 0 saturated heterocycles. The van der Waals surface area contributed by atoms with Crippen LogP contribution in [0.2, 0.25) is 5.02 Å². The predicted molar refractivity (Wildman–Crippen MR) is 105 cm³/mol. The molecule has 0 aliphatic carbocycles. The first-order valence-electron chi connectivity index (χ1n) is 8.40. The number of nitro groups is 1. The molecule has 3 rings (SSSR count). The van der Waals surface area contributed by atoms with E-state index in [1.54, 1.807) is 0 Å². The number of hydrogen-bond donors (Lipinski definition) is 0. The van der Waals surface area contributed by atoms with Gasteiger partial charge in [-0.25, -0.2) is 14.6 Å². The van der Waals surface area contributed by atoms with Crippen molar-refractivity contribution in [2.45, 2.75) is 13.5 Å². The van der Waals surface area contributed by atoms with Gasteiger partial charge in [0.25, 0.3) is 5.69 Å². The number of para-hydroxylation sites is 1. The number of carbonyl (C=O) groups is 2. The van der Waals surface area contributed by atoms with Crippen molar-refractivity contribution in [2.75, 3.05) is 7.11 Å². The molecule has 0 saturated carbocycles. The van der Waals surface area contributed by atoms with E-state index in [1.807, 2.05) is 31.2 Å². The number of rotatable bonds is 5. The lowest BCUT2D eigenvalue weighted by Crippen LogP contribution is -2.10. The minimum absolute atomic E-state index is 0.133. The summed E-state index contributed by atoms with van der Waals surface area (Å²) >= 11 is 6.35. The fourth-order valence-corrected chi connectivity index (χ4v) is 3.00. The predicted octanol–water partition coefficient (Wildman–Crippen LogP) is 4.25. The summed E-state index contributed by atoms with van der Waals surface area (Å²) in [5.74, 6) is -1.67. The second-order valence-corrected chi connectivity index (χ2v) is 6.49. The first kappa shape index (κ1) is 20.2. The summed E-state index contributed by atoms with van der Waals surface area (Å²) in [5, 5.41) is 12.3. The maximum Gasteiger partial charge on any atom is 0.338 e. The Labute approximate surface area is 170 Å². The van der Waals surface area contributed by atoms with Gasteiger partial charge >= 0.3 is 11.9 Å². The number of carbonyl (C=O) groups excluding carboxylic acids is 2. The SMILES string of the molecule is COC(=O)c1cc(C(=O)OCc2nc3ccccc3c(C)c2Cl)cc([N+](=O)[O-])c1. The highest BCUT2D eigenvalue weighted by molar-refractivity contribution is 6.32. The van der Waals surface area contributed by atoms with Gasteiger partial charge in [0, 0.05) is 17.5 Å². The maximum atomic E-state index is 12.4. The highest BCUT2D eigenvalue weighted by Gasteiger charge is 2.20. The molecule has 0 bridgehead atoms. The Morgan fingerprint density at radius 1 is 1.14 bits per heavy atom. The van der Waals surface area contributed by atoms with Crippen LogP contribution in [0.3, 0.4) is 0 Å². The molecule has 0 radical (unpaired) electrons. The quantitative estimate of drug-likeness (QED) is 0.348.